The molecule has 0 aliphatic heterocycles. The molecule has 1 unspecified atom stereocenters. The molecule has 0 rings (SSSR count). The van der Waals surface area contributed by atoms with E-state index in [0.717, 1.165) is 77.0 Å². The molecule has 0 N–H and O–H groups in total. The van der Waals surface area contributed by atoms with Gasteiger partial charge in [-0.2, -0.15) is 0 Å². The van der Waals surface area contributed by atoms with Gasteiger partial charge in [-0.15, -0.1) is 0 Å². The lowest BCUT2D eigenvalue weighted by Crippen LogP contribution is -2.30. The van der Waals surface area contributed by atoms with Crippen LogP contribution < -0.4 is 0 Å². The molecule has 70 heavy (non-hydrogen) atoms. The van der Waals surface area contributed by atoms with Crippen molar-refractivity contribution in [2.45, 2.75) is 316 Å². The van der Waals surface area contributed by atoms with Crippen LogP contribution in [0.1, 0.15) is 310 Å². The molecule has 1 atom stereocenters. The number of rotatable bonds is 55. The minimum Gasteiger partial charge on any atom is -0.462 e. The number of hydrogen-bond acceptors (Lipinski definition) is 6. The Hall–Kier alpha value is -2.89. The Bertz CT molecular complexity index is 1260. The normalized spacial score (nSPS) is 12.4. The number of hydrogen-bond donors (Lipinski definition) is 0. The van der Waals surface area contributed by atoms with Gasteiger partial charge in [0, 0.05) is 19.3 Å². The zero-order chi connectivity index (χ0) is 50.7. The van der Waals surface area contributed by atoms with Crippen molar-refractivity contribution in [1.82, 2.24) is 0 Å². The molecule has 0 aromatic heterocycles. The van der Waals surface area contributed by atoms with Crippen molar-refractivity contribution in [3.63, 3.8) is 0 Å². The molecule has 0 amide bonds. The second-order valence-corrected chi connectivity index (χ2v) is 20.2. The van der Waals surface area contributed by atoms with Gasteiger partial charge >= 0.3 is 17.9 Å². The molecule has 6 heteroatoms. The first-order chi connectivity index (χ1) is 34.5. The molecule has 406 valence electrons. The zero-order valence-electron chi connectivity index (χ0n) is 46.5. The van der Waals surface area contributed by atoms with Crippen LogP contribution in [0.15, 0.2) is 60.8 Å². The van der Waals surface area contributed by atoms with Crippen LogP contribution in [0.25, 0.3) is 0 Å². The lowest BCUT2D eigenvalue weighted by molar-refractivity contribution is -0.167. The predicted molar refractivity (Wildman–Crippen MR) is 302 cm³/mol. The summed E-state index contributed by atoms with van der Waals surface area (Å²) in [5.41, 5.74) is 0. The van der Waals surface area contributed by atoms with E-state index in [9.17, 15) is 14.4 Å². The van der Waals surface area contributed by atoms with E-state index in [4.69, 9.17) is 14.2 Å². The van der Waals surface area contributed by atoms with Crippen molar-refractivity contribution in [2.75, 3.05) is 13.2 Å². The van der Waals surface area contributed by atoms with Gasteiger partial charge < -0.3 is 14.2 Å². The van der Waals surface area contributed by atoms with Gasteiger partial charge in [0.05, 0.1) is 0 Å². The number of carbonyl (C=O) groups excluding carboxylic acids is 3. The number of allylic oxidation sites excluding steroid dienone is 10. The first-order valence-electron chi connectivity index (χ1n) is 30.3. The minimum absolute atomic E-state index is 0.0926. The maximum absolute atomic E-state index is 12.8. The highest BCUT2D eigenvalue weighted by atomic mass is 16.6. The fourth-order valence-corrected chi connectivity index (χ4v) is 8.78. The van der Waals surface area contributed by atoms with Crippen LogP contribution in [0.3, 0.4) is 0 Å². The van der Waals surface area contributed by atoms with Gasteiger partial charge in [-0.05, 0) is 57.8 Å². The summed E-state index contributed by atoms with van der Waals surface area (Å²) >= 11 is 0. The van der Waals surface area contributed by atoms with Crippen LogP contribution in [0.2, 0.25) is 0 Å². The second-order valence-electron chi connectivity index (χ2n) is 20.2. The highest BCUT2D eigenvalue weighted by Gasteiger charge is 2.19. The number of carbonyl (C=O) groups is 3. The molecular formula is C64H114O6. The molecule has 0 spiro atoms. The van der Waals surface area contributed by atoms with E-state index in [1.54, 1.807) is 0 Å². The summed E-state index contributed by atoms with van der Waals surface area (Å²) < 4.78 is 16.8. The van der Waals surface area contributed by atoms with E-state index in [1.807, 2.05) is 0 Å². The van der Waals surface area contributed by atoms with Crippen molar-refractivity contribution in [2.24, 2.45) is 0 Å². The van der Waals surface area contributed by atoms with E-state index in [1.165, 1.54) is 186 Å². The third-order valence-electron chi connectivity index (χ3n) is 13.3. The highest BCUT2D eigenvalue weighted by molar-refractivity contribution is 5.71. The molecule has 0 aromatic rings. The summed E-state index contributed by atoms with van der Waals surface area (Å²) in [6.07, 6.45) is 73.7. The van der Waals surface area contributed by atoms with Gasteiger partial charge in [0.1, 0.15) is 13.2 Å². The Morgan fingerprint density at radius 2 is 0.557 bits per heavy atom. The van der Waals surface area contributed by atoms with E-state index < -0.39 is 6.10 Å². The summed E-state index contributed by atoms with van der Waals surface area (Å²) in [4.78, 5) is 38.2. The Morgan fingerprint density at radius 1 is 0.300 bits per heavy atom. The summed E-state index contributed by atoms with van der Waals surface area (Å²) in [6, 6.07) is 0. The Labute approximate surface area is 434 Å². The first kappa shape index (κ1) is 67.1. The van der Waals surface area contributed by atoms with Crippen molar-refractivity contribution < 1.29 is 28.6 Å². The second kappa shape index (κ2) is 58.7. The van der Waals surface area contributed by atoms with Crippen molar-refractivity contribution >= 4 is 17.9 Å². The fourth-order valence-electron chi connectivity index (χ4n) is 8.78. The summed E-state index contributed by atoms with van der Waals surface area (Å²) in [6.45, 7) is 6.52. The quantitative estimate of drug-likeness (QED) is 0.0261. The third-order valence-corrected chi connectivity index (χ3v) is 13.3. The smallest absolute Gasteiger partial charge is 0.306 e. The zero-order valence-corrected chi connectivity index (χ0v) is 46.5. The van der Waals surface area contributed by atoms with Gasteiger partial charge in [0.15, 0.2) is 6.10 Å². The average Bonchev–Trinajstić information content (AvgIpc) is 3.36. The third kappa shape index (κ3) is 56.0. The molecule has 0 aliphatic rings. The van der Waals surface area contributed by atoms with Crippen LogP contribution in [-0.4, -0.2) is 37.2 Å². The van der Waals surface area contributed by atoms with Crippen LogP contribution in [0.4, 0.5) is 0 Å². The van der Waals surface area contributed by atoms with Crippen LogP contribution in [0.5, 0.6) is 0 Å². The van der Waals surface area contributed by atoms with Gasteiger partial charge in [-0.1, -0.05) is 293 Å². The van der Waals surface area contributed by atoms with Crippen LogP contribution in [-0.2, 0) is 28.6 Å². The molecule has 0 heterocycles. The van der Waals surface area contributed by atoms with Crippen molar-refractivity contribution in [3.05, 3.63) is 60.8 Å². The number of ether oxygens (including phenoxy) is 3. The molecule has 0 aliphatic carbocycles. The lowest BCUT2D eigenvalue weighted by Gasteiger charge is -2.18. The molecule has 0 radical (unpaired) electrons. The molecule has 0 bridgehead atoms. The van der Waals surface area contributed by atoms with Gasteiger partial charge in [-0.3, -0.25) is 14.4 Å². The Morgan fingerprint density at radius 3 is 0.857 bits per heavy atom. The fraction of sp³-hybridized carbons (Fsp3) is 0.797. The largest absolute Gasteiger partial charge is 0.462 e. The van der Waals surface area contributed by atoms with E-state index in [-0.39, 0.29) is 37.5 Å². The van der Waals surface area contributed by atoms with Crippen molar-refractivity contribution in [1.29, 1.82) is 0 Å². The van der Waals surface area contributed by atoms with E-state index in [2.05, 4.69) is 81.5 Å². The summed E-state index contributed by atoms with van der Waals surface area (Å²) in [5.74, 6) is -0.935. The first-order valence-corrected chi connectivity index (χ1v) is 30.3. The lowest BCUT2D eigenvalue weighted by atomic mass is 10.0. The van der Waals surface area contributed by atoms with Crippen molar-refractivity contribution in [3.8, 4) is 0 Å². The summed E-state index contributed by atoms with van der Waals surface area (Å²) in [7, 11) is 0. The molecule has 0 saturated heterocycles. The van der Waals surface area contributed by atoms with Gasteiger partial charge in [-0.25, -0.2) is 0 Å². The maximum atomic E-state index is 12.8. The van der Waals surface area contributed by atoms with E-state index >= 15 is 0 Å². The highest BCUT2D eigenvalue weighted by Crippen LogP contribution is 2.17. The topological polar surface area (TPSA) is 78.9 Å². The molecule has 6 nitrogen and oxygen atoms in total. The standard InChI is InChI=1S/C64H114O6/c1-4-7-10-13-16-19-22-25-27-29-30-31-32-33-35-36-39-42-45-48-51-54-57-63(66)69-60-61(59-68-62(65)56-53-50-47-44-41-38-24-21-18-15-12-9-6-3)70-64(67)58-55-52-49-46-43-40-37-34-28-26-23-20-17-14-11-8-5-2/h8,11,17,20,26,28,37,40,46,49,61H,4-7,9-10,12-16,18-19,21-25,27,29-36,38-39,41-45,47-48,50-60H2,1-3H3/b11-8-,20-17-,28-26-,40-37-,49-46-. The number of esters is 3. The molecular weight excluding hydrogens is 865 g/mol. The molecule has 0 saturated carbocycles. The predicted octanol–water partition coefficient (Wildman–Crippen LogP) is 20.4. The molecule has 0 fully saturated rings. The van der Waals surface area contributed by atoms with Crippen LogP contribution >= 0.6 is 0 Å². The Kier molecular flexibility index (Phi) is 56.3. The minimum atomic E-state index is -0.801. The van der Waals surface area contributed by atoms with Gasteiger partial charge in [0.25, 0.3) is 0 Å². The number of unbranched alkanes of at least 4 members (excludes halogenated alkanes) is 34. The summed E-state index contributed by atoms with van der Waals surface area (Å²) in [5, 5.41) is 0. The Balaban J connectivity index is 4.35. The SMILES string of the molecule is CC/C=C\C/C=C\C/C=C\C/C=C\C/C=C\CCCC(=O)OC(COC(=O)CCCCCCCCCCCCCCC)COC(=O)CCCCCCCCCCCCCCCCCCCCCCCC. The monoisotopic (exact) mass is 979 g/mol. The van der Waals surface area contributed by atoms with E-state index in [0.29, 0.717) is 19.3 Å². The maximum Gasteiger partial charge on any atom is 0.306 e. The molecule has 0 aromatic carbocycles. The average molecular weight is 980 g/mol. The van der Waals surface area contributed by atoms with Crippen LogP contribution in [0, 0.1) is 0 Å². The van der Waals surface area contributed by atoms with Gasteiger partial charge in [0.2, 0.25) is 0 Å².